The normalized spacial score (nSPS) is 21.4. The number of hydrogen-bond acceptors (Lipinski definition) is 3. The van der Waals surface area contributed by atoms with Gasteiger partial charge in [-0.1, -0.05) is 11.6 Å². The third-order valence-electron chi connectivity index (χ3n) is 1.09. The predicted molar refractivity (Wildman–Crippen MR) is 45.3 cm³/mol. The van der Waals surface area contributed by atoms with E-state index in [0.717, 1.165) is 0 Å². The van der Waals surface area contributed by atoms with Gasteiger partial charge in [-0.3, -0.25) is 0 Å². The van der Waals surface area contributed by atoms with Gasteiger partial charge in [0.2, 0.25) is 0 Å². The second-order valence-electron chi connectivity index (χ2n) is 1.78. The average Bonchev–Trinajstić information content (AvgIpc) is 2.18. The average molecular weight is 194 g/mol. The van der Waals surface area contributed by atoms with Gasteiger partial charge in [0.05, 0.1) is 19.5 Å². The Hall–Kier alpha value is -1.09. The van der Waals surface area contributed by atoms with E-state index >= 15 is 0 Å². The Bertz CT molecular complexity index is 553. The van der Waals surface area contributed by atoms with Crippen LogP contribution in [0.1, 0.15) is 26.9 Å². The lowest BCUT2D eigenvalue weighted by molar-refractivity contribution is 0.0600. The Kier molecular flexibility index (Phi) is 0.884. The minimum Gasteiger partial charge on any atom is -0.465 e. The van der Waals surface area contributed by atoms with Gasteiger partial charge in [-0.05, 0) is 12.9 Å². The first kappa shape index (κ1) is 3.00. The lowest BCUT2D eigenvalue weighted by Crippen LogP contribution is -2.04. The molecule has 0 radical (unpaired) electrons. The van der Waals surface area contributed by atoms with Gasteiger partial charge in [0.15, 0.2) is 0 Å². The second kappa shape index (κ2) is 3.54. The van der Waals surface area contributed by atoms with Crippen molar-refractivity contribution in [3.8, 4) is 0 Å². The number of hydrogen-bond donors (Lipinski definition) is 0. The first-order valence-corrected chi connectivity index (χ1v) is 3.13. The van der Waals surface area contributed by atoms with Crippen LogP contribution in [0, 0.1) is 6.85 Å². The molecule has 64 valence electrons. The van der Waals surface area contributed by atoms with Gasteiger partial charge in [-0.25, -0.2) is 9.78 Å². The number of pyridine rings is 1. The molecule has 0 fully saturated rings. The van der Waals surface area contributed by atoms with Gasteiger partial charge >= 0.3 is 5.97 Å². The Balaban J connectivity index is 3.55. The van der Waals surface area contributed by atoms with Gasteiger partial charge in [0.1, 0.15) is 5.15 Å². The lowest BCUT2D eigenvalue weighted by Gasteiger charge is -2.03. The molecule has 0 spiro atoms. The van der Waals surface area contributed by atoms with E-state index < -0.39 is 48.4 Å². The summed E-state index contributed by atoms with van der Waals surface area (Å²) in [7, 11) is -3.12. The quantitative estimate of drug-likeness (QED) is 0.505. The molecule has 0 aliphatic rings. The number of esters is 1. The minimum absolute atomic E-state index is 0.677. The first-order valence-electron chi connectivity index (χ1n) is 6.75. The zero-order chi connectivity index (χ0) is 15.9. The molecule has 0 aromatic carbocycles. The summed E-state index contributed by atoms with van der Waals surface area (Å²) < 4.78 is 61.1. The standard InChI is InChI=1S/C8H8ClNO2/c1-5-6(8(11)12-2)3-4-10-7(5)9/h3-4H,1-2H3/i1D3,2D3,3D,4D. The highest BCUT2D eigenvalue weighted by Crippen LogP contribution is 2.16. The molecular weight excluding hydrogens is 178 g/mol. The molecule has 0 unspecified atom stereocenters. The largest absolute Gasteiger partial charge is 0.465 e. The topological polar surface area (TPSA) is 39.2 Å². The van der Waals surface area contributed by atoms with Gasteiger partial charge in [-0.15, -0.1) is 0 Å². The maximum Gasteiger partial charge on any atom is 0.338 e. The van der Waals surface area contributed by atoms with Crippen molar-refractivity contribution in [3.05, 3.63) is 28.5 Å². The summed E-state index contributed by atoms with van der Waals surface area (Å²) in [6, 6.07) is -0.866. The molecule has 0 amide bonds. The van der Waals surface area contributed by atoms with Crippen molar-refractivity contribution < 1.29 is 20.5 Å². The molecule has 0 aliphatic carbocycles. The van der Waals surface area contributed by atoms with Crippen molar-refractivity contribution in [2.24, 2.45) is 0 Å². The molecule has 1 rings (SSSR count). The number of aromatic nitrogens is 1. The molecule has 0 bridgehead atoms. The molecule has 1 aromatic heterocycles. The summed E-state index contributed by atoms with van der Waals surface area (Å²) in [5.74, 6) is -1.57. The monoisotopic (exact) mass is 193 g/mol. The summed E-state index contributed by atoms with van der Waals surface area (Å²) >= 11 is 5.58. The van der Waals surface area contributed by atoms with Crippen molar-refractivity contribution in [1.82, 2.24) is 4.98 Å². The third-order valence-corrected chi connectivity index (χ3v) is 1.36. The van der Waals surface area contributed by atoms with Crippen molar-refractivity contribution in [2.45, 2.75) is 6.85 Å². The van der Waals surface area contributed by atoms with Crippen molar-refractivity contribution in [2.75, 3.05) is 7.04 Å². The maximum absolute atomic E-state index is 11.7. The maximum atomic E-state index is 11.7. The Morgan fingerprint density at radius 2 is 2.75 bits per heavy atom. The number of ether oxygens (including phenoxy) is 1. The van der Waals surface area contributed by atoms with Crippen LogP contribution in [0.4, 0.5) is 0 Å². The van der Waals surface area contributed by atoms with Crippen LogP contribution < -0.4 is 0 Å². The molecule has 4 heteroatoms. The molecule has 1 heterocycles. The van der Waals surface area contributed by atoms with Crippen LogP contribution in [0.25, 0.3) is 0 Å². The fourth-order valence-corrected chi connectivity index (χ4v) is 0.695. The second-order valence-corrected chi connectivity index (χ2v) is 2.14. The Labute approximate surface area is 86.6 Å². The zero-order valence-corrected chi connectivity index (χ0v) is 6.40. The van der Waals surface area contributed by atoms with E-state index in [-0.39, 0.29) is 0 Å². The molecule has 3 nitrogen and oxygen atoms in total. The Morgan fingerprint density at radius 1 is 1.92 bits per heavy atom. The van der Waals surface area contributed by atoms with E-state index in [1.165, 1.54) is 0 Å². The van der Waals surface area contributed by atoms with E-state index in [0.29, 0.717) is 0 Å². The lowest BCUT2D eigenvalue weighted by atomic mass is 10.2. The van der Waals surface area contributed by atoms with Gasteiger partial charge in [-0.2, -0.15) is 0 Å². The van der Waals surface area contributed by atoms with Crippen LogP contribution in [0.3, 0.4) is 0 Å². The van der Waals surface area contributed by atoms with Crippen LogP contribution in [0.5, 0.6) is 0 Å². The first-order chi connectivity index (χ1) is 8.84. The fourth-order valence-electron chi connectivity index (χ4n) is 0.559. The summed E-state index contributed by atoms with van der Waals surface area (Å²) in [5, 5.41) is -0.677. The SMILES string of the molecule is [2H]c1nc(Cl)c(C([2H])([2H])[2H])c(C(=O)OC([2H])([2H])[2H])c1[2H]. The van der Waals surface area contributed by atoms with Crippen LogP contribution in [0.15, 0.2) is 12.2 Å². The van der Waals surface area contributed by atoms with E-state index in [4.69, 9.17) is 22.6 Å². The van der Waals surface area contributed by atoms with E-state index in [1.54, 1.807) is 0 Å². The Morgan fingerprint density at radius 3 is 3.42 bits per heavy atom. The molecule has 1 aromatic rings. The number of carbonyl (C=O) groups is 1. The highest BCUT2D eigenvalue weighted by atomic mass is 35.5. The van der Waals surface area contributed by atoms with Crippen LogP contribution in [-0.2, 0) is 4.74 Å². The van der Waals surface area contributed by atoms with Gasteiger partial charge < -0.3 is 4.74 Å². The molecule has 12 heavy (non-hydrogen) atoms. The summed E-state index contributed by atoms with van der Waals surface area (Å²) in [6.45, 7) is -2.92. The highest BCUT2D eigenvalue weighted by Gasteiger charge is 2.10. The van der Waals surface area contributed by atoms with Crippen molar-refractivity contribution in [1.29, 1.82) is 0 Å². The van der Waals surface area contributed by atoms with E-state index in [2.05, 4.69) is 9.72 Å². The van der Waals surface area contributed by atoms with Gasteiger partial charge in [0.25, 0.3) is 0 Å². The molecule has 0 saturated heterocycles. The van der Waals surface area contributed by atoms with Crippen LogP contribution in [0.2, 0.25) is 5.15 Å². The number of rotatable bonds is 1. The molecule has 0 atom stereocenters. The smallest absolute Gasteiger partial charge is 0.338 e. The third kappa shape index (κ3) is 1.56. The number of methoxy groups -OCH3 is 1. The highest BCUT2D eigenvalue weighted by molar-refractivity contribution is 6.30. The molecular formula is C8H8ClNO2. The van der Waals surface area contributed by atoms with E-state index in [9.17, 15) is 4.79 Å². The number of halogens is 1. The van der Waals surface area contributed by atoms with Crippen molar-refractivity contribution in [3.63, 3.8) is 0 Å². The van der Waals surface area contributed by atoms with Crippen LogP contribution in [-0.4, -0.2) is 18.0 Å². The number of carbonyl (C=O) groups excluding carboxylic acids is 1. The summed E-state index contributed by atoms with van der Waals surface area (Å²) in [4.78, 5) is 15.0. The van der Waals surface area contributed by atoms with Crippen LogP contribution >= 0.6 is 11.6 Å². The minimum atomic E-state index is -3.12. The van der Waals surface area contributed by atoms with Crippen molar-refractivity contribution >= 4 is 17.6 Å². The van der Waals surface area contributed by atoms with E-state index in [1.807, 2.05) is 0 Å². The zero-order valence-electron chi connectivity index (χ0n) is 13.6. The summed E-state index contributed by atoms with van der Waals surface area (Å²) in [5.41, 5.74) is -1.71. The molecule has 0 N–H and O–H groups in total. The molecule has 0 saturated carbocycles. The molecule has 0 aliphatic heterocycles. The fraction of sp³-hybridized carbons (Fsp3) is 0.250. The predicted octanol–water partition coefficient (Wildman–Crippen LogP) is 1.83. The van der Waals surface area contributed by atoms with Gasteiger partial charge in [0, 0.05) is 15.8 Å². The summed E-state index contributed by atoms with van der Waals surface area (Å²) in [6.07, 6.45) is -0.763. The number of nitrogens with zero attached hydrogens (tertiary/aromatic N) is 1.